The summed E-state index contributed by atoms with van der Waals surface area (Å²) >= 11 is 0. The van der Waals surface area contributed by atoms with Gasteiger partial charge in [0.15, 0.2) is 0 Å². The third-order valence-corrected chi connectivity index (χ3v) is 5.47. The van der Waals surface area contributed by atoms with E-state index in [-0.39, 0.29) is 6.03 Å². The predicted octanol–water partition coefficient (Wildman–Crippen LogP) is 2.05. The van der Waals surface area contributed by atoms with Gasteiger partial charge in [-0.05, 0) is 24.8 Å². The number of benzene rings is 1. The first-order valence-electron chi connectivity index (χ1n) is 9.24. The van der Waals surface area contributed by atoms with Gasteiger partial charge in [0.2, 0.25) is 0 Å². The summed E-state index contributed by atoms with van der Waals surface area (Å²) in [6.07, 6.45) is 3.85. The largest absolute Gasteiger partial charge is 0.377 e. The second-order valence-corrected chi connectivity index (χ2v) is 7.23. The van der Waals surface area contributed by atoms with Gasteiger partial charge in [-0.2, -0.15) is 0 Å². The van der Waals surface area contributed by atoms with Gasteiger partial charge in [0, 0.05) is 51.3 Å². The normalized spacial score (nSPS) is 30.3. The van der Waals surface area contributed by atoms with Crippen molar-refractivity contribution in [3.63, 3.8) is 0 Å². The lowest BCUT2D eigenvalue weighted by molar-refractivity contribution is 0.0561. The van der Waals surface area contributed by atoms with Crippen molar-refractivity contribution in [2.75, 3.05) is 39.3 Å². The van der Waals surface area contributed by atoms with Crippen LogP contribution in [0.3, 0.4) is 0 Å². The molecule has 3 unspecified atom stereocenters. The molecule has 0 aromatic heterocycles. The smallest absolute Gasteiger partial charge is 0.317 e. The summed E-state index contributed by atoms with van der Waals surface area (Å²) in [4.78, 5) is 16.8. The molecule has 5 nitrogen and oxygen atoms in total. The number of carbonyl (C=O) groups is 1. The molecule has 0 bridgehead atoms. The zero-order valence-electron chi connectivity index (χ0n) is 14.2. The molecule has 3 aliphatic rings. The van der Waals surface area contributed by atoms with Crippen molar-refractivity contribution in [1.82, 2.24) is 15.1 Å². The number of carbonyl (C=O) groups excluding carboxylic acids is 1. The molecule has 1 N–H and O–H groups in total. The summed E-state index contributed by atoms with van der Waals surface area (Å²) in [5, 5.41) is 3.20. The molecule has 2 saturated heterocycles. The van der Waals surface area contributed by atoms with Crippen LogP contribution in [-0.2, 0) is 4.74 Å². The Balaban J connectivity index is 1.20. The molecule has 1 aliphatic carbocycles. The van der Waals surface area contributed by atoms with Crippen LogP contribution < -0.4 is 5.32 Å². The molecule has 24 heavy (non-hydrogen) atoms. The minimum Gasteiger partial charge on any atom is -0.377 e. The summed E-state index contributed by atoms with van der Waals surface area (Å²) in [5.41, 5.74) is 1.34. The van der Waals surface area contributed by atoms with E-state index in [0.29, 0.717) is 18.1 Å². The maximum atomic E-state index is 12.4. The molecule has 1 aromatic rings. The molecule has 3 atom stereocenters. The first-order chi connectivity index (χ1) is 11.8. The Morgan fingerprint density at radius 3 is 2.67 bits per heavy atom. The highest BCUT2D eigenvalue weighted by Crippen LogP contribution is 2.40. The Kier molecular flexibility index (Phi) is 4.72. The van der Waals surface area contributed by atoms with Gasteiger partial charge in [0.25, 0.3) is 0 Å². The van der Waals surface area contributed by atoms with E-state index in [1.54, 1.807) is 0 Å². The second-order valence-electron chi connectivity index (χ2n) is 7.23. The Morgan fingerprint density at radius 1 is 1.17 bits per heavy atom. The molecule has 2 aliphatic heterocycles. The fraction of sp³-hybridized carbons (Fsp3) is 0.632. The summed E-state index contributed by atoms with van der Waals surface area (Å²) < 4.78 is 5.71. The fourth-order valence-corrected chi connectivity index (χ4v) is 3.88. The van der Waals surface area contributed by atoms with E-state index in [0.717, 1.165) is 45.8 Å². The number of urea groups is 1. The number of ether oxygens (including phenoxy) is 1. The molecule has 3 fully saturated rings. The average Bonchev–Trinajstić information content (AvgIpc) is 3.19. The lowest BCUT2D eigenvalue weighted by Gasteiger charge is -2.35. The van der Waals surface area contributed by atoms with E-state index < -0.39 is 0 Å². The third-order valence-electron chi connectivity index (χ3n) is 5.47. The van der Waals surface area contributed by atoms with Crippen molar-refractivity contribution in [2.45, 2.75) is 37.3 Å². The zero-order valence-corrected chi connectivity index (χ0v) is 14.2. The summed E-state index contributed by atoms with van der Waals surface area (Å²) in [7, 11) is 0. The predicted molar refractivity (Wildman–Crippen MR) is 93.1 cm³/mol. The summed E-state index contributed by atoms with van der Waals surface area (Å²) in [6, 6.07) is 10.9. The van der Waals surface area contributed by atoms with Crippen LogP contribution in [-0.4, -0.2) is 67.3 Å². The van der Waals surface area contributed by atoms with Crippen molar-refractivity contribution in [3.05, 3.63) is 35.9 Å². The SMILES string of the molecule is O=C(NC1CC1c1ccccc1)N1CCN(CC2CCCO2)CC1. The van der Waals surface area contributed by atoms with E-state index >= 15 is 0 Å². The first-order valence-corrected chi connectivity index (χ1v) is 9.24. The van der Waals surface area contributed by atoms with E-state index in [4.69, 9.17) is 4.74 Å². The summed E-state index contributed by atoms with van der Waals surface area (Å²) in [5.74, 6) is 0.496. The number of rotatable bonds is 4. The van der Waals surface area contributed by atoms with E-state index in [1.165, 1.54) is 18.4 Å². The van der Waals surface area contributed by atoms with Gasteiger partial charge in [-0.15, -0.1) is 0 Å². The van der Waals surface area contributed by atoms with Gasteiger partial charge in [0.1, 0.15) is 0 Å². The lowest BCUT2D eigenvalue weighted by Crippen LogP contribution is -2.53. The van der Waals surface area contributed by atoms with Crippen molar-refractivity contribution in [3.8, 4) is 0 Å². The van der Waals surface area contributed by atoms with Gasteiger partial charge < -0.3 is 15.0 Å². The average molecular weight is 329 g/mol. The minimum atomic E-state index is 0.107. The quantitative estimate of drug-likeness (QED) is 0.919. The second kappa shape index (κ2) is 7.11. The van der Waals surface area contributed by atoms with Gasteiger partial charge in [-0.25, -0.2) is 4.79 Å². The molecule has 1 saturated carbocycles. The van der Waals surface area contributed by atoms with E-state index in [2.05, 4.69) is 34.5 Å². The molecular weight excluding hydrogens is 302 g/mol. The number of hydrogen-bond acceptors (Lipinski definition) is 3. The molecule has 5 heteroatoms. The van der Waals surface area contributed by atoms with Crippen LogP contribution in [0.15, 0.2) is 30.3 Å². The molecule has 1 aromatic carbocycles. The highest BCUT2D eigenvalue weighted by atomic mass is 16.5. The number of hydrogen-bond donors (Lipinski definition) is 1. The maximum absolute atomic E-state index is 12.4. The van der Waals surface area contributed by atoms with Gasteiger partial charge in [-0.3, -0.25) is 4.90 Å². The van der Waals surface area contributed by atoms with Crippen LogP contribution in [0.5, 0.6) is 0 Å². The topological polar surface area (TPSA) is 44.8 Å². The van der Waals surface area contributed by atoms with Gasteiger partial charge >= 0.3 is 6.03 Å². The fourth-order valence-electron chi connectivity index (χ4n) is 3.88. The van der Waals surface area contributed by atoms with Crippen LogP contribution in [0.2, 0.25) is 0 Å². The van der Waals surface area contributed by atoms with Crippen LogP contribution in [0, 0.1) is 0 Å². The molecule has 130 valence electrons. The first kappa shape index (κ1) is 15.9. The zero-order chi connectivity index (χ0) is 16.4. The van der Waals surface area contributed by atoms with Crippen LogP contribution in [0.1, 0.15) is 30.7 Å². The Labute approximate surface area is 144 Å². The third kappa shape index (κ3) is 3.73. The lowest BCUT2D eigenvalue weighted by atomic mass is 10.1. The van der Waals surface area contributed by atoms with Crippen LogP contribution >= 0.6 is 0 Å². The molecule has 4 rings (SSSR count). The Bertz CT molecular complexity index is 551. The molecular formula is C19H27N3O2. The van der Waals surface area contributed by atoms with Crippen molar-refractivity contribution in [1.29, 1.82) is 0 Å². The number of nitrogens with zero attached hydrogens (tertiary/aromatic N) is 2. The maximum Gasteiger partial charge on any atom is 0.317 e. The highest BCUT2D eigenvalue weighted by Gasteiger charge is 2.40. The minimum absolute atomic E-state index is 0.107. The van der Waals surface area contributed by atoms with Crippen LogP contribution in [0.25, 0.3) is 0 Å². The van der Waals surface area contributed by atoms with E-state index in [9.17, 15) is 4.79 Å². The number of amides is 2. The van der Waals surface area contributed by atoms with Gasteiger partial charge in [-0.1, -0.05) is 30.3 Å². The standard InChI is InChI=1S/C19H27N3O2/c23-19(20-18-13-17(18)15-5-2-1-3-6-15)22-10-8-21(9-11-22)14-16-7-4-12-24-16/h1-3,5-6,16-18H,4,7-14H2,(H,20,23). The molecule has 0 radical (unpaired) electrons. The highest BCUT2D eigenvalue weighted by molar-refractivity contribution is 5.75. The molecule has 0 spiro atoms. The Morgan fingerprint density at radius 2 is 1.96 bits per heavy atom. The summed E-state index contributed by atoms with van der Waals surface area (Å²) in [6.45, 7) is 5.49. The van der Waals surface area contributed by atoms with E-state index in [1.807, 2.05) is 11.0 Å². The van der Waals surface area contributed by atoms with Crippen molar-refractivity contribution in [2.24, 2.45) is 0 Å². The monoisotopic (exact) mass is 329 g/mol. The van der Waals surface area contributed by atoms with Gasteiger partial charge in [0.05, 0.1) is 6.10 Å². The molecule has 2 heterocycles. The van der Waals surface area contributed by atoms with Crippen molar-refractivity contribution < 1.29 is 9.53 Å². The molecule has 2 amide bonds. The number of piperazine rings is 1. The van der Waals surface area contributed by atoms with Crippen molar-refractivity contribution >= 4 is 6.03 Å². The Hall–Kier alpha value is -1.59. The number of nitrogens with one attached hydrogen (secondary N) is 1. The van der Waals surface area contributed by atoms with Crippen LogP contribution in [0.4, 0.5) is 4.79 Å².